The third-order valence-electron chi connectivity index (χ3n) is 1.83. The van der Waals surface area contributed by atoms with Gasteiger partial charge in [0.25, 0.3) is 5.91 Å². The number of nitrogens with zero attached hydrogens (tertiary/aromatic N) is 1. The molecule has 0 bridgehead atoms. The molecule has 0 unspecified atom stereocenters. The van der Waals surface area contributed by atoms with Crippen LogP contribution in [0.4, 0.5) is 19.0 Å². The number of pyridine rings is 1. The van der Waals surface area contributed by atoms with Crippen LogP contribution in [-0.2, 0) is 0 Å². The molecule has 1 heterocycles. The monoisotopic (exact) mass is 247 g/mol. The lowest BCUT2D eigenvalue weighted by atomic mass is 10.2. The van der Waals surface area contributed by atoms with E-state index in [1.807, 2.05) is 6.92 Å². The minimum Gasteiger partial charge on any atom is -0.370 e. The Bertz CT molecular complexity index is 393. The van der Waals surface area contributed by atoms with E-state index in [0.717, 1.165) is 0 Å². The first-order valence-electron chi connectivity index (χ1n) is 4.97. The van der Waals surface area contributed by atoms with Crippen molar-refractivity contribution in [2.75, 3.05) is 18.4 Å². The Balaban J connectivity index is 2.65. The van der Waals surface area contributed by atoms with E-state index < -0.39 is 18.6 Å². The lowest BCUT2D eigenvalue weighted by Crippen LogP contribution is -2.33. The Morgan fingerprint density at radius 2 is 2.18 bits per heavy atom. The van der Waals surface area contributed by atoms with Gasteiger partial charge in [-0.1, -0.05) is 0 Å². The van der Waals surface area contributed by atoms with E-state index in [1.165, 1.54) is 18.3 Å². The highest BCUT2D eigenvalue weighted by Crippen LogP contribution is 2.13. The number of amides is 1. The molecule has 1 aromatic heterocycles. The van der Waals surface area contributed by atoms with Crippen LogP contribution in [0.15, 0.2) is 18.3 Å². The van der Waals surface area contributed by atoms with Crippen LogP contribution >= 0.6 is 0 Å². The van der Waals surface area contributed by atoms with Crippen molar-refractivity contribution in [3.05, 3.63) is 23.9 Å². The Kier molecular flexibility index (Phi) is 4.30. The van der Waals surface area contributed by atoms with Crippen LogP contribution in [0.25, 0.3) is 0 Å². The zero-order chi connectivity index (χ0) is 12.9. The Morgan fingerprint density at radius 3 is 2.76 bits per heavy atom. The first kappa shape index (κ1) is 13.3. The smallest absolute Gasteiger partial charge is 0.370 e. The number of carbonyl (C=O) groups is 1. The lowest BCUT2D eigenvalue weighted by Gasteiger charge is -2.09. The van der Waals surface area contributed by atoms with Gasteiger partial charge in [0.2, 0.25) is 0 Å². The van der Waals surface area contributed by atoms with Crippen LogP contribution in [-0.4, -0.2) is 30.2 Å². The molecule has 4 nitrogen and oxygen atoms in total. The molecule has 1 amide bonds. The fraction of sp³-hybridized carbons (Fsp3) is 0.400. The maximum atomic E-state index is 11.9. The van der Waals surface area contributed by atoms with Crippen molar-refractivity contribution in [3.8, 4) is 0 Å². The predicted molar refractivity (Wildman–Crippen MR) is 56.8 cm³/mol. The molecular formula is C10H12F3N3O. The molecular weight excluding hydrogens is 235 g/mol. The van der Waals surface area contributed by atoms with Crippen LogP contribution < -0.4 is 10.6 Å². The van der Waals surface area contributed by atoms with Gasteiger partial charge in [0, 0.05) is 18.3 Å². The summed E-state index contributed by atoms with van der Waals surface area (Å²) in [5.41, 5.74) is 0.139. The van der Waals surface area contributed by atoms with Crippen molar-refractivity contribution in [2.24, 2.45) is 0 Å². The summed E-state index contributed by atoms with van der Waals surface area (Å²) in [6.07, 6.45) is -3.05. The predicted octanol–water partition coefficient (Wildman–Crippen LogP) is 1.81. The number of carbonyl (C=O) groups excluding carboxylic acids is 1. The second kappa shape index (κ2) is 5.51. The number of hydrogen-bond acceptors (Lipinski definition) is 3. The fourth-order valence-corrected chi connectivity index (χ4v) is 1.13. The molecule has 0 saturated heterocycles. The lowest BCUT2D eigenvalue weighted by molar-refractivity contribution is -0.123. The molecule has 0 fully saturated rings. The minimum absolute atomic E-state index is 0.139. The van der Waals surface area contributed by atoms with E-state index in [1.54, 1.807) is 5.32 Å². The third-order valence-corrected chi connectivity index (χ3v) is 1.83. The van der Waals surface area contributed by atoms with Gasteiger partial charge >= 0.3 is 6.18 Å². The summed E-state index contributed by atoms with van der Waals surface area (Å²) >= 11 is 0. The number of anilines is 1. The van der Waals surface area contributed by atoms with Gasteiger partial charge in [-0.05, 0) is 19.1 Å². The average molecular weight is 247 g/mol. The normalized spacial score (nSPS) is 11.1. The first-order valence-corrected chi connectivity index (χ1v) is 4.97. The number of hydrogen-bond donors (Lipinski definition) is 2. The Hall–Kier alpha value is -1.79. The van der Waals surface area contributed by atoms with E-state index in [9.17, 15) is 18.0 Å². The van der Waals surface area contributed by atoms with Gasteiger partial charge in [-0.25, -0.2) is 4.98 Å². The van der Waals surface area contributed by atoms with Crippen molar-refractivity contribution in [1.29, 1.82) is 0 Å². The molecule has 0 atom stereocenters. The summed E-state index contributed by atoms with van der Waals surface area (Å²) in [4.78, 5) is 15.3. The third kappa shape index (κ3) is 4.71. The van der Waals surface area contributed by atoms with Crippen molar-refractivity contribution in [2.45, 2.75) is 13.1 Å². The van der Waals surface area contributed by atoms with Crippen molar-refractivity contribution >= 4 is 11.7 Å². The molecule has 7 heteroatoms. The summed E-state index contributed by atoms with van der Waals surface area (Å²) in [7, 11) is 0. The maximum Gasteiger partial charge on any atom is 0.405 e. The molecule has 0 radical (unpaired) electrons. The fourth-order valence-electron chi connectivity index (χ4n) is 1.13. The van der Waals surface area contributed by atoms with Crippen LogP contribution in [0.5, 0.6) is 0 Å². The molecule has 0 aliphatic heterocycles. The molecule has 94 valence electrons. The quantitative estimate of drug-likeness (QED) is 0.853. The topological polar surface area (TPSA) is 54.0 Å². The van der Waals surface area contributed by atoms with Crippen LogP contribution in [0.3, 0.4) is 0 Å². The number of nitrogens with one attached hydrogen (secondary N) is 2. The standard InChI is InChI=1S/C10H12F3N3O/c1-2-14-8-5-7(3-4-15-8)9(17)16-6-10(11,12)13/h3-5H,2,6H2,1H3,(H,14,15)(H,16,17). The molecule has 1 rings (SSSR count). The first-order chi connectivity index (χ1) is 7.92. The van der Waals surface area contributed by atoms with Crippen molar-refractivity contribution < 1.29 is 18.0 Å². The van der Waals surface area contributed by atoms with Crippen LogP contribution in [0.1, 0.15) is 17.3 Å². The SMILES string of the molecule is CCNc1cc(C(=O)NCC(F)(F)F)ccn1. The molecule has 0 saturated carbocycles. The highest BCUT2D eigenvalue weighted by atomic mass is 19.4. The number of aromatic nitrogens is 1. The van der Waals surface area contributed by atoms with Gasteiger partial charge in [0.1, 0.15) is 12.4 Å². The summed E-state index contributed by atoms with van der Waals surface area (Å²) in [5.74, 6) is -0.323. The van der Waals surface area contributed by atoms with Crippen LogP contribution in [0, 0.1) is 0 Å². The van der Waals surface area contributed by atoms with Crippen molar-refractivity contribution in [3.63, 3.8) is 0 Å². The molecule has 17 heavy (non-hydrogen) atoms. The highest BCUT2D eigenvalue weighted by molar-refractivity contribution is 5.94. The molecule has 1 aromatic rings. The Morgan fingerprint density at radius 1 is 1.47 bits per heavy atom. The highest BCUT2D eigenvalue weighted by Gasteiger charge is 2.27. The summed E-state index contributed by atoms with van der Waals surface area (Å²) < 4.78 is 35.7. The molecule has 0 aromatic carbocycles. The molecule has 0 spiro atoms. The molecule has 0 aliphatic rings. The van der Waals surface area contributed by atoms with Gasteiger partial charge in [-0.3, -0.25) is 4.79 Å². The van der Waals surface area contributed by atoms with Crippen LogP contribution in [0.2, 0.25) is 0 Å². The van der Waals surface area contributed by atoms with E-state index in [0.29, 0.717) is 12.4 Å². The second-order valence-corrected chi connectivity index (χ2v) is 3.26. The molecule has 0 aliphatic carbocycles. The second-order valence-electron chi connectivity index (χ2n) is 3.26. The van der Waals surface area contributed by atoms with Gasteiger partial charge in [-0.2, -0.15) is 13.2 Å². The van der Waals surface area contributed by atoms with E-state index >= 15 is 0 Å². The zero-order valence-electron chi connectivity index (χ0n) is 9.14. The summed E-state index contributed by atoms with van der Waals surface area (Å²) in [6, 6.07) is 2.75. The minimum atomic E-state index is -4.41. The zero-order valence-corrected chi connectivity index (χ0v) is 9.14. The number of halogens is 3. The van der Waals surface area contributed by atoms with E-state index in [2.05, 4.69) is 10.3 Å². The Labute approximate surface area is 96.2 Å². The molecule has 2 N–H and O–H groups in total. The largest absolute Gasteiger partial charge is 0.405 e. The van der Waals surface area contributed by atoms with Crippen molar-refractivity contribution in [1.82, 2.24) is 10.3 Å². The van der Waals surface area contributed by atoms with Gasteiger partial charge < -0.3 is 10.6 Å². The summed E-state index contributed by atoms with van der Waals surface area (Å²) in [6.45, 7) is 1.11. The van der Waals surface area contributed by atoms with Gasteiger partial charge in [0.05, 0.1) is 0 Å². The van der Waals surface area contributed by atoms with Gasteiger partial charge in [-0.15, -0.1) is 0 Å². The number of rotatable bonds is 4. The van der Waals surface area contributed by atoms with E-state index in [4.69, 9.17) is 0 Å². The van der Waals surface area contributed by atoms with Gasteiger partial charge in [0.15, 0.2) is 0 Å². The average Bonchev–Trinajstić information content (AvgIpc) is 2.26. The number of alkyl halides is 3. The van der Waals surface area contributed by atoms with E-state index in [-0.39, 0.29) is 5.56 Å². The maximum absolute atomic E-state index is 11.9. The summed E-state index contributed by atoms with van der Waals surface area (Å²) in [5, 5.41) is 4.65.